The van der Waals surface area contributed by atoms with Crippen LogP contribution in [0.15, 0.2) is 48.5 Å². The zero-order valence-electron chi connectivity index (χ0n) is 12.6. The third kappa shape index (κ3) is 2.59. The number of nitrogens with zero attached hydrogens (tertiary/aromatic N) is 2. The fourth-order valence-electron chi connectivity index (χ4n) is 2.80. The molecule has 120 valence electrons. The van der Waals surface area contributed by atoms with E-state index in [1.54, 1.807) is 0 Å². The van der Waals surface area contributed by atoms with E-state index < -0.39 is 5.92 Å². The van der Waals surface area contributed by atoms with Gasteiger partial charge in [-0.1, -0.05) is 47.7 Å². The summed E-state index contributed by atoms with van der Waals surface area (Å²) in [6, 6.07) is 15.2. The number of para-hydroxylation sites is 2. The van der Waals surface area contributed by atoms with Gasteiger partial charge in [0.25, 0.3) is 0 Å². The quantitative estimate of drug-likeness (QED) is 0.766. The Morgan fingerprint density at radius 2 is 1.71 bits per heavy atom. The van der Waals surface area contributed by atoms with Gasteiger partial charge >= 0.3 is 0 Å². The van der Waals surface area contributed by atoms with Crippen molar-refractivity contribution in [2.75, 3.05) is 5.73 Å². The van der Waals surface area contributed by atoms with Gasteiger partial charge in [-0.15, -0.1) is 10.2 Å². The van der Waals surface area contributed by atoms with Crippen molar-refractivity contribution in [3.63, 3.8) is 0 Å². The molecule has 0 aliphatic carbocycles. The van der Waals surface area contributed by atoms with Gasteiger partial charge in [0.1, 0.15) is 16.5 Å². The highest BCUT2D eigenvalue weighted by molar-refractivity contribution is 7.15. The minimum absolute atomic E-state index is 0.105. The summed E-state index contributed by atoms with van der Waals surface area (Å²) in [4.78, 5) is 12.9. The number of hydrogen-bond acceptors (Lipinski definition) is 6. The number of anilines is 1. The molecule has 0 saturated heterocycles. The average molecular weight is 338 g/mol. The first-order chi connectivity index (χ1) is 11.7. The van der Waals surface area contributed by atoms with E-state index in [0.717, 1.165) is 11.1 Å². The number of ether oxygens (including phenoxy) is 1. The number of nitrogens with two attached hydrogens (primary N) is 1. The largest absolute Gasteiger partial charge is 0.457 e. The summed E-state index contributed by atoms with van der Waals surface area (Å²) in [7, 11) is 0. The maximum atomic E-state index is 12.9. The number of nitrogen functional groups attached to an aromatic ring is 1. The van der Waals surface area contributed by atoms with Gasteiger partial charge in [0.2, 0.25) is 11.0 Å². The lowest BCUT2D eigenvalue weighted by Crippen LogP contribution is -2.31. The first-order valence-electron chi connectivity index (χ1n) is 7.43. The summed E-state index contributed by atoms with van der Waals surface area (Å²) in [5, 5.41) is 11.7. The average Bonchev–Trinajstić information content (AvgIpc) is 3.03. The molecule has 0 unspecified atom stereocenters. The molecule has 1 aromatic heterocycles. The number of fused-ring (bicyclic) bond motifs is 2. The summed E-state index contributed by atoms with van der Waals surface area (Å²) >= 11 is 1.26. The van der Waals surface area contributed by atoms with Crippen molar-refractivity contribution >= 4 is 22.4 Å². The third-order valence-corrected chi connectivity index (χ3v) is 4.59. The summed E-state index contributed by atoms with van der Waals surface area (Å²) in [5.74, 6) is 0.886. The molecule has 0 bridgehead atoms. The number of hydrogen-bond donors (Lipinski definition) is 2. The highest BCUT2D eigenvalue weighted by Gasteiger charge is 2.32. The monoisotopic (exact) mass is 338 g/mol. The van der Waals surface area contributed by atoms with Crippen molar-refractivity contribution < 1.29 is 9.53 Å². The topological polar surface area (TPSA) is 90.1 Å². The molecule has 3 aromatic rings. The van der Waals surface area contributed by atoms with Crippen molar-refractivity contribution in [2.24, 2.45) is 0 Å². The molecule has 1 aliphatic heterocycles. The van der Waals surface area contributed by atoms with Gasteiger partial charge in [-0.05, 0) is 12.1 Å². The maximum absolute atomic E-state index is 12.9. The lowest BCUT2D eigenvalue weighted by molar-refractivity contribution is -0.122. The lowest BCUT2D eigenvalue weighted by Gasteiger charge is -2.27. The molecule has 0 radical (unpaired) electrons. The van der Waals surface area contributed by atoms with Crippen LogP contribution in [0.2, 0.25) is 0 Å². The Bertz CT molecular complexity index is 863. The Balaban J connectivity index is 1.65. The standard InChI is InChI=1S/C17H14N4O2S/c18-17-21-20-14(24-17)9-19-16(22)15-10-5-1-3-7-12(10)23-13-8-4-2-6-11(13)15/h1-8,15H,9H2,(H2,18,21)(H,19,22). The normalized spacial score (nSPS) is 12.8. The van der Waals surface area contributed by atoms with Crippen molar-refractivity contribution in [1.29, 1.82) is 0 Å². The van der Waals surface area contributed by atoms with Gasteiger partial charge in [-0.3, -0.25) is 4.79 Å². The van der Waals surface area contributed by atoms with Crippen molar-refractivity contribution in [1.82, 2.24) is 15.5 Å². The SMILES string of the molecule is Nc1nnc(CNC(=O)C2c3ccccc3Oc3ccccc32)s1. The van der Waals surface area contributed by atoms with E-state index >= 15 is 0 Å². The molecule has 0 spiro atoms. The molecule has 0 atom stereocenters. The molecular weight excluding hydrogens is 324 g/mol. The van der Waals surface area contributed by atoms with Crippen LogP contribution in [0.4, 0.5) is 5.13 Å². The molecule has 1 amide bonds. The van der Waals surface area contributed by atoms with Gasteiger partial charge < -0.3 is 15.8 Å². The summed E-state index contributed by atoms with van der Waals surface area (Å²) < 4.78 is 5.91. The molecule has 4 rings (SSSR count). The van der Waals surface area contributed by atoms with Crippen LogP contribution in [-0.4, -0.2) is 16.1 Å². The second-order valence-electron chi connectivity index (χ2n) is 5.36. The van der Waals surface area contributed by atoms with Gasteiger partial charge in [-0.2, -0.15) is 0 Å². The van der Waals surface area contributed by atoms with Crippen LogP contribution < -0.4 is 15.8 Å². The molecular formula is C17H14N4O2S. The van der Waals surface area contributed by atoms with Gasteiger partial charge in [-0.25, -0.2) is 0 Å². The number of carbonyl (C=O) groups excluding carboxylic acids is 1. The molecule has 1 aliphatic rings. The smallest absolute Gasteiger partial charge is 0.232 e. The molecule has 6 nitrogen and oxygen atoms in total. The fourth-order valence-corrected chi connectivity index (χ4v) is 3.34. The zero-order chi connectivity index (χ0) is 16.5. The number of aromatic nitrogens is 2. The molecule has 0 fully saturated rings. The highest BCUT2D eigenvalue weighted by Crippen LogP contribution is 2.43. The Morgan fingerprint density at radius 1 is 1.08 bits per heavy atom. The predicted molar refractivity (Wildman–Crippen MR) is 91.0 cm³/mol. The summed E-state index contributed by atoms with van der Waals surface area (Å²) in [6.45, 7) is 0.301. The van der Waals surface area contributed by atoms with Crippen molar-refractivity contribution in [2.45, 2.75) is 12.5 Å². The summed E-state index contributed by atoms with van der Waals surface area (Å²) in [6.07, 6.45) is 0. The van der Waals surface area contributed by atoms with E-state index in [-0.39, 0.29) is 5.91 Å². The van der Waals surface area contributed by atoms with Crippen molar-refractivity contribution in [3.8, 4) is 11.5 Å². The number of rotatable bonds is 3. The zero-order valence-corrected chi connectivity index (χ0v) is 13.4. The molecule has 24 heavy (non-hydrogen) atoms. The predicted octanol–water partition coefficient (Wildman–Crippen LogP) is 2.67. The molecule has 3 N–H and O–H groups in total. The number of amides is 1. The minimum Gasteiger partial charge on any atom is -0.457 e. The Morgan fingerprint density at radius 3 is 2.29 bits per heavy atom. The first-order valence-corrected chi connectivity index (χ1v) is 8.25. The second kappa shape index (κ2) is 5.93. The van der Waals surface area contributed by atoms with E-state index in [0.29, 0.717) is 28.2 Å². The van der Waals surface area contributed by atoms with Crippen molar-refractivity contribution in [3.05, 3.63) is 64.7 Å². The van der Waals surface area contributed by atoms with Crippen LogP contribution in [0.5, 0.6) is 11.5 Å². The molecule has 0 saturated carbocycles. The highest BCUT2D eigenvalue weighted by atomic mass is 32.1. The van der Waals surface area contributed by atoms with Gasteiger partial charge in [0.15, 0.2) is 0 Å². The van der Waals surface area contributed by atoms with E-state index in [1.807, 2.05) is 48.5 Å². The Labute approximate surface area is 142 Å². The van der Waals surface area contributed by atoms with Gasteiger partial charge in [0.05, 0.1) is 12.5 Å². The van der Waals surface area contributed by atoms with Crippen LogP contribution in [-0.2, 0) is 11.3 Å². The van der Waals surface area contributed by atoms with Crippen LogP contribution in [0.1, 0.15) is 22.1 Å². The molecule has 7 heteroatoms. The fraction of sp³-hybridized carbons (Fsp3) is 0.118. The summed E-state index contributed by atoms with van der Waals surface area (Å²) in [5.41, 5.74) is 7.27. The molecule has 2 heterocycles. The number of carbonyl (C=O) groups is 1. The lowest BCUT2D eigenvalue weighted by atomic mass is 9.87. The second-order valence-corrected chi connectivity index (χ2v) is 6.46. The molecule has 2 aromatic carbocycles. The van der Waals surface area contributed by atoms with E-state index in [2.05, 4.69) is 15.5 Å². The van der Waals surface area contributed by atoms with Crippen LogP contribution in [0.3, 0.4) is 0 Å². The van der Waals surface area contributed by atoms with Crippen LogP contribution in [0, 0.1) is 0 Å². The van der Waals surface area contributed by atoms with Crippen LogP contribution >= 0.6 is 11.3 Å². The third-order valence-electron chi connectivity index (χ3n) is 3.84. The van der Waals surface area contributed by atoms with E-state index in [9.17, 15) is 4.79 Å². The van der Waals surface area contributed by atoms with Crippen LogP contribution in [0.25, 0.3) is 0 Å². The maximum Gasteiger partial charge on any atom is 0.232 e. The first kappa shape index (κ1) is 14.6. The Kier molecular flexibility index (Phi) is 3.62. The number of nitrogens with one attached hydrogen (secondary N) is 1. The van der Waals surface area contributed by atoms with E-state index in [1.165, 1.54) is 11.3 Å². The van der Waals surface area contributed by atoms with E-state index in [4.69, 9.17) is 10.5 Å². The van der Waals surface area contributed by atoms with Gasteiger partial charge in [0, 0.05) is 11.1 Å². The Hall–Kier alpha value is -2.93. The minimum atomic E-state index is -0.420. The number of benzene rings is 2.